The fourth-order valence-corrected chi connectivity index (χ4v) is 3.08. The van der Waals surface area contributed by atoms with Gasteiger partial charge in [0.25, 0.3) is 0 Å². The van der Waals surface area contributed by atoms with Gasteiger partial charge in [0.05, 0.1) is 6.54 Å². The second kappa shape index (κ2) is 8.35. The van der Waals surface area contributed by atoms with Gasteiger partial charge < -0.3 is 20.6 Å². The normalized spacial score (nSPS) is 14.0. The number of carboxylic acid groups (broad SMARTS) is 1. The Morgan fingerprint density at radius 3 is 2.37 bits per heavy atom. The minimum absolute atomic E-state index is 0.284. The van der Waals surface area contributed by atoms with Gasteiger partial charge in [0, 0.05) is 13.1 Å². The van der Waals surface area contributed by atoms with Crippen molar-refractivity contribution in [2.24, 2.45) is 0 Å². The number of carboxylic acids is 1. The number of amides is 3. The molecule has 0 fully saturated rings. The summed E-state index contributed by atoms with van der Waals surface area (Å²) in [5.41, 5.74) is 2.79. The van der Waals surface area contributed by atoms with Crippen LogP contribution in [-0.2, 0) is 22.6 Å². The van der Waals surface area contributed by atoms with Gasteiger partial charge in [0.1, 0.15) is 0 Å². The van der Waals surface area contributed by atoms with Crippen molar-refractivity contribution in [1.82, 2.24) is 15.5 Å². The zero-order chi connectivity index (χ0) is 19.2. The zero-order valence-electron chi connectivity index (χ0n) is 14.7. The number of nitrogens with zero attached hydrogens (tertiary/aromatic N) is 1. The molecule has 0 radical (unpaired) electrons. The molecule has 1 aliphatic rings. The Morgan fingerprint density at radius 1 is 1.00 bits per heavy atom. The molecule has 0 aromatic heterocycles. The van der Waals surface area contributed by atoms with Crippen LogP contribution in [0.5, 0.6) is 0 Å². The van der Waals surface area contributed by atoms with E-state index in [1.54, 1.807) is 35.2 Å². The molecule has 2 aromatic carbocycles. The molecule has 7 nitrogen and oxygen atoms in total. The molecule has 1 heterocycles. The highest BCUT2D eigenvalue weighted by Gasteiger charge is 2.23. The van der Waals surface area contributed by atoms with Crippen molar-refractivity contribution in [3.63, 3.8) is 0 Å². The number of urea groups is 1. The van der Waals surface area contributed by atoms with Crippen LogP contribution in [0.3, 0.4) is 0 Å². The predicted octanol–water partition coefficient (Wildman–Crippen LogP) is 1.70. The fourth-order valence-electron chi connectivity index (χ4n) is 3.08. The first-order valence-corrected chi connectivity index (χ1v) is 8.71. The van der Waals surface area contributed by atoms with Crippen LogP contribution in [0.2, 0.25) is 0 Å². The van der Waals surface area contributed by atoms with Crippen LogP contribution < -0.4 is 10.6 Å². The molecule has 27 heavy (non-hydrogen) atoms. The minimum atomic E-state index is -1.16. The first kappa shape index (κ1) is 18.4. The van der Waals surface area contributed by atoms with E-state index in [4.69, 9.17) is 0 Å². The molecule has 0 spiro atoms. The Labute approximate surface area is 157 Å². The van der Waals surface area contributed by atoms with Gasteiger partial charge in [-0.2, -0.15) is 0 Å². The molecule has 0 bridgehead atoms. The molecule has 7 heteroatoms. The predicted molar refractivity (Wildman–Crippen MR) is 98.9 cm³/mol. The Balaban J connectivity index is 1.53. The molecule has 1 atom stereocenters. The van der Waals surface area contributed by atoms with Crippen molar-refractivity contribution in [3.05, 3.63) is 71.3 Å². The van der Waals surface area contributed by atoms with Crippen molar-refractivity contribution in [3.8, 4) is 0 Å². The van der Waals surface area contributed by atoms with Crippen molar-refractivity contribution >= 4 is 17.9 Å². The molecule has 140 valence electrons. The molecule has 3 amide bonds. The van der Waals surface area contributed by atoms with Gasteiger partial charge in [-0.1, -0.05) is 54.6 Å². The largest absolute Gasteiger partial charge is 0.479 e. The van der Waals surface area contributed by atoms with Crippen molar-refractivity contribution in [1.29, 1.82) is 0 Å². The third-order valence-electron chi connectivity index (χ3n) is 4.50. The third-order valence-corrected chi connectivity index (χ3v) is 4.50. The lowest BCUT2D eigenvalue weighted by atomic mass is 10.0. The second-order valence-corrected chi connectivity index (χ2v) is 6.35. The molecule has 1 aliphatic heterocycles. The van der Waals surface area contributed by atoms with Crippen LogP contribution in [0.1, 0.15) is 22.7 Å². The highest BCUT2D eigenvalue weighted by Crippen LogP contribution is 2.18. The molecular formula is C20H21N3O4. The number of carbonyl (C=O) groups excluding carboxylic acids is 2. The number of aliphatic carboxylic acids is 1. The maximum Gasteiger partial charge on any atom is 0.330 e. The fraction of sp³-hybridized carbons (Fsp3) is 0.250. The summed E-state index contributed by atoms with van der Waals surface area (Å²) in [5, 5.41) is 14.3. The van der Waals surface area contributed by atoms with E-state index in [-0.39, 0.29) is 12.6 Å². The highest BCUT2D eigenvalue weighted by atomic mass is 16.4. The van der Waals surface area contributed by atoms with E-state index in [2.05, 4.69) is 10.6 Å². The first-order valence-electron chi connectivity index (χ1n) is 8.71. The van der Waals surface area contributed by atoms with Gasteiger partial charge in [-0.3, -0.25) is 4.79 Å². The van der Waals surface area contributed by atoms with Gasteiger partial charge in [0.2, 0.25) is 5.91 Å². The summed E-state index contributed by atoms with van der Waals surface area (Å²) < 4.78 is 0. The van der Waals surface area contributed by atoms with Crippen LogP contribution in [0, 0.1) is 0 Å². The molecule has 0 unspecified atom stereocenters. The monoisotopic (exact) mass is 367 g/mol. The number of rotatable bonds is 5. The lowest BCUT2D eigenvalue weighted by Gasteiger charge is -2.28. The molecule has 0 saturated heterocycles. The van der Waals surface area contributed by atoms with E-state index < -0.39 is 17.9 Å². The molecule has 2 aromatic rings. The number of fused-ring (bicyclic) bond motifs is 1. The smallest absolute Gasteiger partial charge is 0.330 e. The van der Waals surface area contributed by atoms with Crippen LogP contribution >= 0.6 is 0 Å². The number of nitrogens with one attached hydrogen (secondary N) is 2. The summed E-state index contributed by atoms with van der Waals surface area (Å²) in [4.78, 5) is 37.5. The zero-order valence-corrected chi connectivity index (χ0v) is 14.7. The van der Waals surface area contributed by atoms with Crippen molar-refractivity contribution in [2.45, 2.75) is 19.0 Å². The molecule has 0 saturated carbocycles. The van der Waals surface area contributed by atoms with Gasteiger partial charge in [-0.25, -0.2) is 9.59 Å². The van der Waals surface area contributed by atoms with Gasteiger partial charge in [-0.15, -0.1) is 0 Å². The van der Waals surface area contributed by atoms with Crippen molar-refractivity contribution in [2.75, 3.05) is 13.1 Å². The highest BCUT2D eigenvalue weighted by molar-refractivity contribution is 5.88. The lowest BCUT2D eigenvalue weighted by Crippen LogP contribution is -2.47. The molecular weight excluding hydrogens is 346 g/mol. The summed E-state index contributed by atoms with van der Waals surface area (Å²) in [6.45, 7) is 0.783. The number of hydrogen-bond donors (Lipinski definition) is 3. The number of hydrogen-bond acceptors (Lipinski definition) is 3. The molecule has 3 N–H and O–H groups in total. The summed E-state index contributed by atoms with van der Waals surface area (Å²) >= 11 is 0. The Bertz CT molecular complexity index is 838. The number of carbonyl (C=O) groups is 3. The SMILES string of the molecule is O=C(CNC(=O)N1CCc2ccccc2C1)N[C@@H](C(=O)O)c1ccccc1. The average molecular weight is 367 g/mol. The molecule has 3 rings (SSSR count). The van der Waals surface area contributed by atoms with Crippen LogP contribution in [-0.4, -0.2) is 41.0 Å². The minimum Gasteiger partial charge on any atom is -0.479 e. The molecule has 0 aliphatic carbocycles. The third kappa shape index (κ3) is 4.63. The topological polar surface area (TPSA) is 98.7 Å². The van der Waals surface area contributed by atoms with E-state index in [0.717, 1.165) is 12.0 Å². The summed E-state index contributed by atoms with van der Waals surface area (Å²) in [5.74, 6) is -1.72. The summed E-state index contributed by atoms with van der Waals surface area (Å²) in [7, 11) is 0. The maximum atomic E-state index is 12.3. The summed E-state index contributed by atoms with van der Waals surface area (Å²) in [6.07, 6.45) is 0.769. The average Bonchev–Trinajstić information content (AvgIpc) is 2.70. The standard InChI is InChI=1S/C20H21N3O4/c24-17(22-18(19(25)26)15-7-2-1-3-8-15)12-21-20(27)23-11-10-14-6-4-5-9-16(14)13-23/h1-9,18H,10-13H2,(H,21,27)(H,22,24)(H,25,26)/t18-/m1/s1. The van der Waals surface area contributed by atoms with Gasteiger partial charge in [-0.05, 0) is 23.1 Å². The van der Waals surface area contributed by atoms with E-state index in [9.17, 15) is 19.5 Å². The second-order valence-electron chi connectivity index (χ2n) is 6.35. The Morgan fingerprint density at radius 2 is 1.67 bits per heavy atom. The maximum absolute atomic E-state index is 12.3. The van der Waals surface area contributed by atoms with Crippen LogP contribution in [0.15, 0.2) is 54.6 Å². The first-order chi connectivity index (χ1) is 13.0. The van der Waals surface area contributed by atoms with Crippen molar-refractivity contribution < 1.29 is 19.5 Å². The van der Waals surface area contributed by atoms with E-state index in [0.29, 0.717) is 18.7 Å². The number of benzene rings is 2. The van der Waals surface area contributed by atoms with Crippen LogP contribution in [0.25, 0.3) is 0 Å². The lowest BCUT2D eigenvalue weighted by molar-refractivity contribution is -0.141. The summed E-state index contributed by atoms with van der Waals surface area (Å²) in [6, 6.07) is 14.9. The quantitative estimate of drug-likeness (QED) is 0.749. The van der Waals surface area contributed by atoms with Crippen LogP contribution in [0.4, 0.5) is 4.79 Å². The van der Waals surface area contributed by atoms with Gasteiger partial charge in [0.15, 0.2) is 6.04 Å². The van der Waals surface area contributed by atoms with E-state index in [1.807, 2.05) is 24.3 Å². The van der Waals surface area contributed by atoms with Gasteiger partial charge >= 0.3 is 12.0 Å². The van der Waals surface area contributed by atoms with E-state index in [1.165, 1.54) is 5.56 Å². The Kier molecular flexibility index (Phi) is 5.71. The Hall–Kier alpha value is -3.35. The van der Waals surface area contributed by atoms with E-state index >= 15 is 0 Å².